The second-order valence-electron chi connectivity index (χ2n) is 5.58. The van der Waals surface area contributed by atoms with Crippen molar-refractivity contribution in [2.24, 2.45) is 5.41 Å². The zero-order chi connectivity index (χ0) is 18.1. The summed E-state index contributed by atoms with van der Waals surface area (Å²) in [7, 11) is 1.26. The molecule has 0 N–H and O–H groups in total. The van der Waals surface area contributed by atoms with Gasteiger partial charge < -0.3 is 4.74 Å². The molecule has 4 nitrogen and oxygen atoms in total. The molecule has 2 aromatic carbocycles. The summed E-state index contributed by atoms with van der Waals surface area (Å²) in [6.45, 7) is 0. The van der Waals surface area contributed by atoms with Crippen LogP contribution in [0.2, 0.25) is 0 Å². The molecule has 0 radical (unpaired) electrons. The Morgan fingerprint density at radius 3 is 2.16 bits per heavy atom. The van der Waals surface area contributed by atoms with E-state index in [1.807, 2.05) is 42.5 Å². The van der Waals surface area contributed by atoms with E-state index < -0.39 is 17.3 Å². The van der Waals surface area contributed by atoms with Crippen LogP contribution in [-0.4, -0.2) is 13.1 Å². The van der Waals surface area contributed by atoms with Crippen LogP contribution >= 0.6 is 0 Å². The largest absolute Gasteiger partial charge is 0.468 e. The lowest BCUT2D eigenvalue weighted by molar-refractivity contribution is -0.144. The number of ether oxygens (including phenoxy) is 1. The fourth-order valence-electron chi connectivity index (χ4n) is 2.69. The second kappa shape index (κ2) is 8.47. The van der Waals surface area contributed by atoms with Crippen LogP contribution < -0.4 is 0 Å². The Balaban J connectivity index is 2.38. The van der Waals surface area contributed by atoms with Crippen LogP contribution in [0.5, 0.6) is 0 Å². The molecule has 124 valence electrons. The SMILES string of the molecule is COC(=O)C(c1ccccc1)C(C#N)(C#N)C/C=C/c1ccccc1. The van der Waals surface area contributed by atoms with Gasteiger partial charge >= 0.3 is 5.97 Å². The Labute approximate surface area is 147 Å². The summed E-state index contributed by atoms with van der Waals surface area (Å²) >= 11 is 0. The highest BCUT2D eigenvalue weighted by Gasteiger charge is 2.45. The van der Waals surface area contributed by atoms with Crippen molar-refractivity contribution in [1.29, 1.82) is 10.5 Å². The summed E-state index contributed by atoms with van der Waals surface area (Å²) in [5.41, 5.74) is 0.00637. The van der Waals surface area contributed by atoms with E-state index in [1.165, 1.54) is 7.11 Å². The third-order valence-corrected chi connectivity index (χ3v) is 4.01. The van der Waals surface area contributed by atoms with Crippen LogP contribution in [0, 0.1) is 28.1 Å². The fraction of sp³-hybridized carbons (Fsp3) is 0.190. The third kappa shape index (κ3) is 4.13. The summed E-state index contributed by atoms with van der Waals surface area (Å²) < 4.78 is 4.88. The first kappa shape index (κ1) is 18.0. The van der Waals surface area contributed by atoms with Crippen molar-refractivity contribution in [3.05, 3.63) is 77.9 Å². The molecule has 1 atom stereocenters. The number of benzene rings is 2. The number of carbonyl (C=O) groups excluding carboxylic acids is 1. The molecule has 25 heavy (non-hydrogen) atoms. The minimum atomic E-state index is -1.54. The van der Waals surface area contributed by atoms with E-state index in [0.29, 0.717) is 5.56 Å². The molecule has 0 aliphatic rings. The van der Waals surface area contributed by atoms with Crippen molar-refractivity contribution in [2.75, 3.05) is 7.11 Å². The van der Waals surface area contributed by atoms with Gasteiger partial charge in [-0.25, -0.2) is 0 Å². The van der Waals surface area contributed by atoms with E-state index >= 15 is 0 Å². The molecule has 0 aliphatic carbocycles. The van der Waals surface area contributed by atoms with Gasteiger partial charge in [-0.1, -0.05) is 72.8 Å². The lowest BCUT2D eigenvalue weighted by Crippen LogP contribution is -2.32. The van der Waals surface area contributed by atoms with Crippen LogP contribution in [0.15, 0.2) is 66.7 Å². The zero-order valence-corrected chi connectivity index (χ0v) is 13.9. The number of methoxy groups -OCH3 is 1. The van der Waals surface area contributed by atoms with E-state index in [0.717, 1.165) is 5.56 Å². The summed E-state index contributed by atoms with van der Waals surface area (Å²) in [5, 5.41) is 19.5. The molecular formula is C21H18N2O2. The van der Waals surface area contributed by atoms with Crippen molar-refractivity contribution in [2.45, 2.75) is 12.3 Å². The molecule has 0 saturated heterocycles. The smallest absolute Gasteiger partial charge is 0.315 e. The van der Waals surface area contributed by atoms with Crippen molar-refractivity contribution >= 4 is 12.0 Å². The van der Waals surface area contributed by atoms with Gasteiger partial charge in [0, 0.05) is 0 Å². The predicted octanol–water partition coefficient (Wildman–Crippen LogP) is 4.08. The number of nitrogens with zero attached hydrogens (tertiary/aromatic N) is 2. The summed E-state index contributed by atoms with van der Waals surface area (Å²) in [6, 6.07) is 22.5. The molecule has 4 heteroatoms. The molecule has 0 aromatic heterocycles. The van der Waals surface area contributed by atoms with Gasteiger partial charge in [-0.05, 0) is 17.5 Å². The molecule has 0 heterocycles. The quantitative estimate of drug-likeness (QED) is 0.748. The molecule has 2 rings (SSSR count). The number of rotatable bonds is 6. The maximum Gasteiger partial charge on any atom is 0.315 e. The molecule has 1 unspecified atom stereocenters. The first-order valence-corrected chi connectivity index (χ1v) is 7.83. The molecule has 2 aromatic rings. The van der Waals surface area contributed by atoms with Gasteiger partial charge in [-0.3, -0.25) is 4.79 Å². The topological polar surface area (TPSA) is 73.9 Å². The predicted molar refractivity (Wildman–Crippen MR) is 95.0 cm³/mol. The highest BCUT2D eigenvalue weighted by molar-refractivity contribution is 5.80. The Hall–Kier alpha value is -3.37. The van der Waals surface area contributed by atoms with Crippen molar-refractivity contribution in [1.82, 2.24) is 0 Å². The lowest BCUT2D eigenvalue weighted by Gasteiger charge is -2.26. The van der Waals surface area contributed by atoms with Gasteiger partial charge in [0.1, 0.15) is 5.92 Å². The minimum absolute atomic E-state index is 0.115. The Morgan fingerprint density at radius 2 is 1.64 bits per heavy atom. The van der Waals surface area contributed by atoms with E-state index in [4.69, 9.17) is 4.74 Å². The average Bonchev–Trinajstić information content (AvgIpc) is 2.68. The highest BCUT2D eigenvalue weighted by Crippen LogP contribution is 2.39. The van der Waals surface area contributed by atoms with Gasteiger partial charge in [-0.2, -0.15) is 10.5 Å². The summed E-state index contributed by atoms with van der Waals surface area (Å²) in [4.78, 5) is 12.4. The van der Waals surface area contributed by atoms with E-state index in [2.05, 4.69) is 12.1 Å². The monoisotopic (exact) mass is 330 g/mol. The molecule has 0 aliphatic heterocycles. The molecule has 0 amide bonds. The molecule has 0 spiro atoms. The van der Waals surface area contributed by atoms with Crippen LogP contribution in [0.3, 0.4) is 0 Å². The van der Waals surface area contributed by atoms with Gasteiger partial charge in [-0.15, -0.1) is 0 Å². The van der Waals surface area contributed by atoms with Gasteiger partial charge in [0.2, 0.25) is 0 Å². The van der Waals surface area contributed by atoms with Crippen molar-refractivity contribution in [3.63, 3.8) is 0 Å². The van der Waals surface area contributed by atoms with Crippen LogP contribution in [-0.2, 0) is 9.53 Å². The molecule has 0 saturated carbocycles. The Kier molecular flexibility index (Phi) is 6.09. The normalized spacial score (nSPS) is 12.1. The van der Waals surface area contributed by atoms with Crippen molar-refractivity contribution < 1.29 is 9.53 Å². The van der Waals surface area contributed by atoms with Gasteiger partial charge in [0.05, 0.1) is 19.2 Å². The molecule has 0 bridgehead atoms. The summed E-state index contributed by atoms with van der Waals surface area (Å²) in [6.07, 6.45) is 3.70. The lowest BCUT2D eigenvalue weighted by atomic mass is 9.71. The van der Waals surface area contributed by atoms with Crippen LogP contribution in [0.4, 0.5) is 0 Å². The minimum Gasteiger partial charge on any atom is -0.468 e. The Morgan fingerprint density at radius 1 is 1.08 bits per heavy atom. The fourth-order valence-corrected chi connectivity index (χ4v) is 2.69. The first-order valence-electron chi connectivity index (χ1n) is 7.83. The number of allylic oxidation sites excluding steroid dienone is 1. The second-order valence-corrected chi connectivity index (χ2v) is 5.58. The van der Waals surface area contributed by atoms with Gasteiger partial charge in [0.15, 0.2) is 5.41 Å². The Bertz CT molecular complexity index is 800. The van der Waals surface area contributed by atoms with Crippen molar-refractivity contribution in [3.8, 4) is 12.1 Å². The number of carbonyl (C=O) groups is 1. The van der Waals surface area contributed by atoms with E-state index in [-0.39, 0.29) is 6.42 Å². The van der Waals surface area contributed by atoms with Crippen LogP contribution in [0.1, 0.15) is 23.5 Å². The molecule has 0 fully saturated rings. The standard InChI is InChI=1S/C21H18N2O2/c1-25-20(24)19(18-12-6-3-7-13-18)21(15-22,16-23)14-8-11-17-9-4-2-5-10-17/h2-13,19H,14H2,1H3/b11-8+. The maximum absolute atomic E-state index is 12.4. The third-order valence-electron chi connectivity index (χ3n) is 4.01. The highest BCUT2D eigenvalue weighted by atomic mass is 16.5. The number of esters is 1. The molecular weight excluding hydrogens is 312 g/mol. The van der Waals surface area contributed by atoms with Crippen LogP contribution in [0.25, 0.3) is 6.08 Å². The van der Waals surface area contributed by atoms with Gasteiger partial charge in [0.25, 0.3) is 0 Å². The first-order chi connectivity index (χ1) is 12.2. The van der Waals surface area contributed by atoms with E-state index in [1.54, 1.807) is 30.3 Å². The number of hydrogen-bond donors (Lipinski definition) is 0. The van der Waals surface area contributed by atoms with E-state index in [9.17, 15) is 15.3 Å². The number of nitriles is 2. The number of hydrogen-bond acceptors (Lipinski definition) is 4. The average molecular weight is 330 g/mol. The zero-order valence-electron chi connectivity index (χ0n) is 13.9. The summed E-state index contributed by atoms with van der Waals surface area (Å²) in [5.74, 6) is -1.57. The maximum atomic E-state index is 12.4.